The van der Waals surface area contributed by atoms with Gasteiger partial charge in [-0.05, 0) is 27.2 Å². The lowest BCUT2D eigenvalue weighted by molar-refractivity contribution is -0.135. The van der Waals surface area contributed by atoms with E-state index in [1.165, 1.54) is 5.70 Å². The van der Waals surface area contributed by atoms with Gasteiger partial charge in [0.05, 0.1) is 0 Å². The van der Waals surface area contributed by atoms with Crippen molar-refractivity contribution in [3.05, 3.63) is 35.3 Å². The van der Waals surface area contributed by atoms with Crippen molar-refractivity contribution in [2.75, 3.05) is 13.1 Å². The molecule has 3 nitrogen and oxygen atoms in total. The fourth-order valence-electron chi connectivity index (χ4n) is 2.41. The first-order chi connectivity index (χ1) is 8.15. The Morgan fingerprint density at radius 1 is 1.35 bits per heavy atom. The van der Waals surface area contributed by atoms with Gasteiger partial charge in [-0.25, -0.2) is 4.79 Å². The van der Waals surface area contributed by atoms with Gasteiger partial charge in [-0.15, -0.1) is 0 Å². The minimum absolute atomic E-state index is 0.245. The molecule has 3 heteroatoms. The molecule has 0 aromatic rings. The number of ether oxygens (including phenoxy) is 1. The Balaban J connectivity index is 2.24. The van der Waals surface area contributed by atoms with Crippen molar-refractivity contribution in [2.45, 2.75) is 27.2 Å². The molecule has 1 atom stereocenters. The van der Waals surface area contributed by atoms with Crippen LogP contribution in [0.5, 0.6) is 0 Å². The summed E-state index contributed by atoms with van der Waals surface area (Å²) in [6.45, 7) is 8.20. The molecule has 1 aliphatic carbocycles. The predicted molar refractivity (Wildman–Crippen MR) is 67.0 cm³/mol. The highest BCUT2D eigenvalue weighted by Crippen LogP contribution is 2.34. The van der Waals surface area contributed by atoms with Gasteiger partial charge in [0.1, 0.15) is 5.76 Å². The summed E-state index contributed by atoms with van der Waals surface area (Å²) in [5.41, 5.74) is 2.27. The smallest absolute Gasteiger partial charge is 0.335 e. The lowest BCUT2D eigenvalue weighted by Gasteiger charge is -2.31. The highest BCUT2D eigenvalue weighted by molar-refractivity contribution is 5.85. The number of likely N-dealkylation sites (N-methyl/N-ethyl adjacent to an activating group) is 1. The van der Waals surface area contributed by atoms with Gasteiger partial charge in [0.15, 0.2) is 0 Å². The largest absolute Gasteiger partial charge is 0.427 e. The molecule has 0 aromatic carbocycles. The van der Waals surface area contributed by atoms with Gasteiger partial charge in [0.25, 0.3) is 0 Å². The molecule has 0 N–H and O–H groups in total. The average Bonchev–Trinajstić information content (AvgIpc) is 2.30. The van der Waals surface area contributed by atoms with E-state index in [2.05, 4.69) is 24.8 Å². The number of fused-ring (bicyclic) bond motifs is 1. The fraction of sp³-hybridized carbons (Fsp3) is 0.500. The topological polar surface area (TPSA) is 29.5 Å². The lowest BCUT2D eigenvalue weighted by atomic mass is 9.88. The zero-order valence-corrected chi connectivity index (χ0v) is 10.7. The summed E-state index contributed by atoms with van der Waals surface area (Å²) in [4.78, 5) is 13.6. The maximum absolute atomic E-state index is 11.4. The van der Waals surface area contributed by atoms with E-state index in [1.807, 2.05) is 13.0 Å². The number of nitrogens with zero attached hydrogens (tertiary/aromatic N) is 1. The van der Waals surface area contributed by atoms with Crippen molar-refractivity contribution in [2.24, 2.45) is 5.92 Å². The summed E-state index contributed by atoms with van der Waals surface area (Å²) in [7, 11) is 0. The molecule has 0 saturated carbocycles. The van der Waals surface area contributed by atoms with Gasteiger partial charge < -0.3 is 9.64 Å². The van der Waals surface area contributed by atoms with Crippen LogP contribution in [0, 0.1) is 5.92 Å². The minimum Gasteiger partial charge on any atom is -0.427 e. The van der Waals surface area contributed by atoms with Crippen molar-refractivity contribution in [1.82, 2.24) is 4.90 Å². The van der Waals surface area contributed by atoms with Crippen LogP contribution in [-0.4, -0.2) is 24.0 Å². The maximum Gasteiger partial charge on any atom is 0.335 e. The third-order valence-electron chi connectivity index (χ3n) is 3.44. The Kier molecular flexibility index (Phi) is 3.36. The molecule has 0 bridgehead atoms. The molecule has 2 aliphatic rings. The Bertz CT molecular complexity index is 414. The summed E-state index contributed by atoms with van der Waals surface area (Å²) < 4.78 is 5.31. The summed E-state index contributed by atoms with van der Waals surface area (Å²) in [6, 6.07) is 0. The van der Waals surface area contributed by atoms with E-state index in [4.69, 9.17) is 4.74 Å². The number of rotatable bonds is 3. The van der Waals surface area contributed by atoms with Gasteiger partial charge >= 0.3 is 5.97 Å². The molecule has 1 aliphatic heterocycles. The number of carbonyl (C=O) groups is 1. The van der Waals surface area contributed by atoms with Crippen LogP contribution in [0.15, 0.2) is 35.3 Å². The van der Waals surface area contributed by atoms with Gasteiger partial charge in [-0.3, -0.25) is 0 Å². The molecule has 0 aromatic heterocycles. The van der Waals surface area contributed by atoms with E-state index in [9.17, 15) is 4.79 Å². The van der Waals surface area contributed by atoms with Crippen LogP contribution in [0.2, 0.25) is 0 Å². The molecule has 92 valence electrons. The normalized spacial score (nSPS) is 23.1. The first-order valence-corrected chi connectivity index (χ1v) is 6.22. The van der Waals surface area contributed by atoms with Crippen molar-refractivity contribution < 1.29 is 9.53 Å². The van der Waals surface area contributed by atoms with Crippen LogP contribution in [0.25, 0.3) is 0 Å². The zero-order valence-electron chi connectivity index (χ0n) is 10.7. The Morgan fingerprint density at radius 3 is 2.71 bits per heavy atom. The molecule has 0 saturated heterocycles. The summed E-state index contributed by atoms with van der Waals surface area (Å²) >= 11 is 0. The van der Waals surface area contributed by atoms with Crippen molar-refractivity contribution in [3.8, 4) is 0 Å². The zero-order chi connectivity index (χ0) is 12.4. The monoisotopic (exact) mass is 233 g/mol. The third kappa shape index (κ3) is 2.28. The molecule has 0 spiro atoms. The molecule has 0 fully saturated rings. The second-order valence-corrected chi connectivity index (χ2v) is 4.45. The van der Waals surface area contributed by atoms with E-state index < -0.39 is 0 Å². The second kappa shape index (κ2) is 4.78. The highest BCUT2D eigenvalue weighted by Gasteiger charge is 2.28. The van der Waals surface area contributed by atoms with Crippen molar-refractivity contribution in [3.63, 3.8) is 0 Å². The number of esters is 1. The van der Waals surface area contributed by atoms with Gasteiger partial charge in [0, 0.05) is 36.9 Å². The number of hydrogen-bond donors (Lipinski definition) is 0. The Morgan fingerprint density at radius 2 is 2.06 bits per heavy atom. The molecule has 2 rings (SSSR count). The van der Waals surface area contributed by atoms with E-state index in [0.29, 0.717) is 0 Å². The quantitative estimate of drug-likeness (QED) is 0.702. The number of hydrogen-bond acceptors (Lipinski definition) is 3. The van der Waals surface area contributed by atoms with E-state index in [-0.39, 0.29) is 11.9 Å². The Labute approximate surface area is 102 Å². The van der Waals surface area contributed by atoms with Gasteiger partial charge in [-0.2, -0.15) is 0 Å². The van der Waals surface area contributed by atoms with Crippen LogP contribution in [-0.2, 0) is 9.53 Å². The lowest BCUT2D eigenvalue weighted by Crippen LogP contribution is -2.26. The SMILES string of the molecule is CCN(CC)C1=CCC2C(C)=CC(=O)OC2=C1. The second-order valence-electron chi connectivity index (χ2n) is 4.45. The van der Waals surface area contributed by atoms with Crippen LogP contribution in [0.4, 0.5) is 0 Å². The first-order valence-electron chi connectivity index (χ1n) is 6.22. The van der Waals surface area contributed by atoms with E-state index in [0.717, 1.165) is 30.8 Å². The van der Waals surface area contributed by atoms with Crippen LogP contribution < -0.4 is 0 Å². The molecule has 17 heavy (non-hydrogen) atoms. The van der Waals surface area contributed by atoms with Crippen LogP contribution >= 0.6 is 0 Å². The summed E-state index contributed by atoms with van der Waals surface area (Å²) in [5.74, 6) is 0.817. The summed E-state index contributed by atoms with van der Waals surface area (Å²) in [6.07, 6.45) is 6.76. The fourth-order valence-corrected chi connectivity index (χ4v) is 2.41. The molecule has 1 heterocycles. The van der Waals surface area contributed by atoms with Crippen LogP contribution in [0.1, 0.15) is 27.2 Å². The highest BCUT2D eigenvalue weighted by atomic mass is 16.5. The maximum atomic E-state index is 11.4. The van der Waals surface area contributed by atoms with Crippen LogP contribution in [0.3, 0.4) is 0 Å². The number of carbonyl (C=O) groups excluding carboxylic acids is 1. The molecule has 1 unspecified atom stereocenters. The minimum atomic E-state index is -0.245. The first kappa shape index (κ1) is 12.0. The van der Waals surface area contributed by atoms with Gasteiger partial charge in [0.2, 0.25) is 0 Å². The molecule has 0 radical (unpaired) electrons. The van der Waals surface area contributed by atoms with Gasteiger partial charge in [-0.1, -0.05) is 11.6 Å². The molecule has 0 amide bonds. The standard InChI is InChI=1S/C14H19NO2/c1-4-15(5-2)11-6-7-12-10(3)8-14(16)17-13(12)9-11/h6,8-9,12H,4-5,7H2,1-3H3. The Hall–Kier alpha value is -1.51. The average molecular weight is 233 g/mol. The molecular weight excluding hydrogens is 214 g/mol. The predicted octanol–water partition coefficient (Wildman–Crippen LogP) is 2.62. The summed E-state index contributed by atoms with van der Waals surface area (Å²) in [5, 5.41) is 0. The van der Waals surface area contributed by atoms with Crippen molar-refractivity contribution >= 4 is 5.97 Å². The van der Waals surface area contributed by atoms with E-state index in [1.54, 1.807) is 6.08 Å². The number of allylic oxidation sites excluding steroid dienone is 3. The third-order valence-corrected chi connectivity index (χ3v) is 3.44. The van der Waals surface area contributed by atoms with E-state index >= 15 is 0 Å². The van der Waals surface area contributed by atoms with Crippen molar-refractivity contribution in [1.29, 1.82) is 0 Å². The molecular formula is C14H19NO2.